The summed E-state index contributed by atoms with van der Waals surface area (Å²) >= 11 is 0. The molecule has 6 nitrogen and oxygen atoms in total. The minimum atomic E-state index is -0.306. The molecule has 1 aromatic heterocycles. The van der Waals surface area contributed by atoms with Crippen molar-refractivity contribution in [3.05, 3.63) is 66.0 Å². The van der Waals surface area contributed by atoms with Crippen LogP contribution in [0.5, 0.6) is 0 Å². The number of rotatable bonds is 4. The average Bonchev–Trinajstić information content (AvgIpc) is 3.12. The normalized spacial score (nSPS) is 14.1. The Morgan fingerprint density at radius 2 is 1.80 bits per heavy atom. The lowest BCUT2D eigenvalue weighted by Crippen LogP contribution is -2.49. The highest BCUT2D eigenvalue weighted by atomic mass is 19.1. The van der Waals surface area contributed by atoms with Crippen LogP contribution in [-0.2, 0) is 4.74 Å². The fourth-order valence-electron chi connectivity index (χ4n) is 3.83. The van der Waals surface area contributed by atoms with Crippen molar-refractivity contribution >= 4 is 11.9 Å². The largest absolute Gasteiger partial charge is 0.450 e. The number of amides is 1. The van der Waals surface area contributed by atoms with E-state index in [9.17, 15) is 9.18 Å². The van der Waals surface area contributed by atoms with Crippen LogP contribution in [0.15, 0.2) is 54.6 Å². The van der Waals surface area contributed by atoms with E-state index in [-0.39, 0.29) is 11.9 Å². The Morgan fingerprint density at radius 1 is 1.07 bits per heavy atom. The van der Waals surface area contributed by atoms with Gasteiger partial charge in [0.25, 0.3) is 0 Å². The van der Waals surface area contributed by atoms with Crippen LogP contribution in [0.25, 0.3) is 16.9 Å². The van der Waals surface area contributed by atoms with Gasteiger partial charge in [-0.25, -0.2) is 13.9 Å². The van der Waals surface area contributed by atoms with Crippen LogP contribution in [0, 0.1) is 12.7 Å². The number of ether oxygens (including phenoxy) is 1. The standard InChI is InChI=1S/C23H25FN4O2/c1-3-30-23(29)27-14-12-26(13-15-27)22-17(2)21(18-8-5-4-6-9-18)25-28(22)20-11-7-10-19(24)16-20/h4-11,16H,3,12-15H2,1-2H3. The van der Waals surface area contributed by atoms with Gasteiger partial charge in [-0.2, -0.15) is 5.10 Å². The molecule has 0 N–H and O–H groups in total. The van der Waals surface area contributed by atoms with Gasteiger partial charge in [0, 0.05) is 37.3 Å². The summed E-state index contributed by atoms with van der Waals surface area (Å²) in [7, 11) is 0. The molecule has 1 fully saturated rings. The molecular weight excluding hydrogens is 383 g/mol. The van der Waals surface area contributed by atoms with Gasteiger partial charge in [-0.15, -0.1) is 0 Å². The summed E-state index contributed by atoms with van der Waals surface area (Å²) in [5.74, 6) is 0.614. The summed E-state index contributed by atoms with van der Waals surface area (Å²) in [5.41, 5.74) is 3.57. The van der Waals surface area contributed by atoms with Crippen molar-refractivity contribution < 1.29 is 13.9 Å². The molecule has 3 aromatic rings. The van der Waals surface area contributed by atoms with E-state index in [2.05, 4.69) is 4.90 Å². The van der Waals surface area contributed by atoms with E-state index in [0.29, 0.717) is 38.5 Å². The van der Waals surface area contributed by atoms with Gasteiger partial charge in [-0.05, 0) is 32.0 Å². The molecule has 0 saturated carbocycles. The van der Waals surface area contributed by atoms with E-state index in [1.54, 1.807) is 22.6 Å². The van der Waals surface area contributed by atoms with Gasteiger partial charge in [-0.1, -0.05) is 36.4 Å². The van der Waals surface area contributed by atoms with Crippen LogP contribution in [-0.4, -0.2) is 53.6 Å². The van der Waals surface area contributed by atoms with Gasteiger partial charge in [0.1, 0.15) is 11.6 Å². The number of hydrogen-bond acceptors (Lipinski definition) is 4. The van der Waals surface area contributed by atoms with Gasteiger partial charge < -0.3 is 14.5 Å². The van der Waals surface area contributed by atoms with E-state index in [1.165, 1.54) is 12.1 Å². The number of piperazine rings is 1. The van der Waals surface area contributed by atoms with Crippen molar-refractivity contribution in [3.8, 4) is 16.9 Å². The average molecular weight is 408 g/mol. The fourth-order valence-corrected chi connectivity index (χ4v) is 3.83. The molecule has 0 bridgehead atoms. The molecule has 0 spiro atoms. The smallest absolute Gasteiger partial charge is 0.409 e. The second kappa shape index (κ2) is 8.57. The molecule has 2 heterocycles. The van der Waals surface area contributed by atoms with E-state index in [4.69, 9.17) is 9.84 Å². The zero-order chi connectivity index (χ0) is 21.1. The number of benzene rings is 2. The van der Waals surface area contributed by atoms with Gasteiger partial charge in [0.2, 0.25) is 0 Å². The molecule has 0 unspecified atom stereocenters. The number of hydrogen-bond donors (Lipinski definition) is 0. The second-order valence-electron chi connectivity index (χ2n) is 7.23. The van der Waals surface area contributed by atoms with Crippen molar-refractivity contribution in [2.24, 2.45) is 0 Å². The lowest BCUT2D eigenvalue weighted by Gasteiger charge is -2.35. The SMILES string of the molecule is CCOC(=O)N1CCN(c2c(C)c(-c3ccccc3)nn2-c2cccc(F)c2)CC1. The maximum Gasteiger partial charge on any atom is 0.409 e. The Balaban J connectivity index is 1.71. The third-order valence-electron chi connectivity index (χ3n) is 5.30. The second-order valence-corrected chi connectivity index (χ2v) is 7.23. The Hall–Kier alpha value is -3.35. The lowest BCUT2D eigenvalue weighted by molar-refractivity contribution is 0.105. The Kier molecular flexibility index (Phi) is 5.70. The van der Waals surface area contributed by atoms with Crippen molar-refractivity contribution in [3.63, 3.8) is 0 Å². The predicted molar refractivity (Wildman–Crippen MR) is 115 cm³/mol. The van der Waals surface area contributed by atoms with Gasteiger partial charge in [0.05, 0.1) is 18.0 Å². The van der Waals surface area contributed by atoms with Crippen molar-refractivity contribution in [2.45, 2.75) is 13.8 Å². The quantitative estimate of drug-likeness (QED) is 0.647. The monoisotopic (exact) mass is 408 g/mol. The predicted octanol–water partition coefficient (Wildman–Crippen LogP) is 4.27. The zero-order valence-corrected chi connectivity index (χ0v) is 17.2. The Bertz CT molecular complexity index is 1030. The molecule has 30 heavy (non-hydrogen) atoms. The number of carbonyl (C=O) groups is 1. The zero-order valence-electron chi connectivity index (χ0n) is 17.2. The highest BCUT2D eigenvalue weighted by molar-refractivity contribution is 5.72. The number of halogens is 1. The molecule has 156 valence electrons. The van der Waals surface area contributed by atoms with Crippen molar-refractivity contribution in [1.82, 2.24) is 14.7 Å². The van der Waals surface area contributed by atoms with Gasteiger partial charge in [-0.3, -0.25) is 0 Å². The van der Waals surface area contributed by atoms with Crippen LogP contribution in [0.2, 0.25) is 0 Å². The molecule has 1 saturated heterocycles. The van der Waals surface area contributed by atoms with Gasteiger partial charge in [0.15, 0.2) is 0 Å². The highest BCUT2D eigenvalue weighted by Gasteiger charge is 2.27. The molecule has 7 heteroatoms. The van der Waals surface area contributed by atoms with Crippen LogP contribution < -0.4 is 4.90 Å². The number of aromatic nitrogens is 2. The maximum atomic E-state index is 14.0. The first-order valence-corrected chi connectivity index (χ1v) is 10.2. The summed E-state index contributed by atoms with van der Waals surface area (Å²) in [4.78, 5) is 16.0. The van der Waals surface area contributed by atoms with E-state index < -0.39 is 0 Å². The molecule has 1 amide bonds. The molecule has 0 aliphatic carbocycles. The van der Waals surface area contributed by atoms with Gasteiger partial charge >= 0.3 is 6.09 Å². The minimum absolute atomic E-state index is 0.280. The first-order chi connectivity index (χ1) is 14.6. The van der Waals surface area contributed by atoms with Crippen molar-refractivity contribution in [1.29, 1.82) is 0 Å². The summed E-state index contributed by atoms with van der Waals surface area (Å²) in [6.45, 7) is 6.63. The summed E-state index contributed by atoms with van der Waals surface area (Å²) in [6, 6.07) is 16.4. The highest BCUT2D eigenvalue weighted by Crippen LogP contribution is 2.33. The molecule has 1 aliphatic heterocycles. The topological polar surface area (TPSA) is 50.6 Å². The summed E-state index contributed by atoms with van der Waals surface area (Å²) in [6.07, 6.45) is -0.280. The number of nitrogens with zero attached hydrogens (tertiary/aromatic N) is 4. The van der Waals surface area contributed by atoms with Crippen LogP contribution in [0.1, 0.15) is 12.5 Å². The molecular formula is C23H25FN4O2. The summed E-state index contributed by atoms with van der Waals surface area (Å²) in [5, 5.41) is 4.85. The van der Waals surface area contributed by atoms with Crippen LogP contribution in [0.4, 0.5) is 15.0 Å². The minimum Gasteiger partial charge on any atom is -0.450 e. The third-order valence-corrected chi connectivity index (χ3v) is 5.30. The maximum absolute atomic E-state index is 14.0. The number of carbonyl (C=O) groups excluding carboxylic acids is 1. The van der Waals surface area contributed by atoms with E-state index in [1.807, 2.05) is 43.3 Å². The van der Waals surface area contributed by atoms with E-state index in [0.717, 1.165) is 22.6 Å². The molecule has 1 aliphatic rings. The molecule has 2 aromatic carbocycles. The fraction of sp³-hybridized carbons (Fsp3) is 0.304. The Morgan fingerprint density at radius 3 is 2.47 bits per heavy atom. The third kappa shape index (κ3) is 3.87. The summed E-state index contributed by atoms with van der Waals surface area (Å²) < 4.78 is 20.9. The molecule has 0 atom stereocenters. The van der Waals surface area contributed by atoms with Crippen molar-refractivity contribution in [2.75, 3.05) is 37.7 Å². The molecule has 0 radical (unpaired) electrons. The Labute approximate surface area is 175 Å². The first-order valence-electron chi connectivity index (χ1n) is 10.2. The van der Waals surface area contributed by atoms with E-state index >= 15 is 0 Å². The van der Waals surface area contributed by atoms with Crippen LogP contribution in [0.3, 0.4) is 0 Å². The first kappa shape index (κ1) is 19.9. The number of anilines is 1. The van der Waals surface area contributed by atoms with Crippen LogP contribution >= 0.6 is 0 Å². The molecule has 4 rings (SSSR count). The lowest BCUT2D eigenvalue weighted by atomic mass is 10.1.